The van der Waals surface area contributed by atoms with Crippen LogP contribution < -0.4 is 0 Å². The van der Waals surface area contributed by atoms with E-state index in [1.165, 1.54) is 10.8 Å². The van der Waals surface area contributed by atoms with E-state index >= 15 is 0 Å². The van der Waals surface area contributed by atoms with Crippen LogP contribution in [0.3, 0.4) is 0 Å². The van der Waals surface area contributed by atoms with Gasteiger partial charge in [0.2, 0.25) is 0 Å². The van der Waals surface area contributed by atoms with Crippen LogP contribution in [0.25, 0.3) is 155 Å². The molecule has 0 saturated carbocycles. The van der Waals surface area contributed by atoms with Crippen LogP contribution in [0.2, 0.25) is 0 Å². The molecule has 0 amide bonds. The average Bonchev–Trinajstić information content (AvgIpc) is 4.25. The fraction of sp³-hybridized carbons (Fsp3) is 0.0141. The van der Waals surface area contributed by atoms with Gasteiger partial charge in [0, 0.05) is 65.6 Å². The molecule has 360 valence electrons. The molecule has 0 aliphatic heterocycles. The molecular formula is C71H44N4O2. The Bertz CT molecular complexity index is 5030. The number of hydrogen-bond acceptors (Lipinski definition) is 4. The van der Waals surface area contributed by atoms with Gasteiger partial charge in [0.15, 0.2) is 5.82 Å². The van der Waals surface area contributed by atoms with E-state index in [-0.39, 0.29) is 0 Å². The summed E-state index contributed by atoms with van der Waals surface area (Å²) in [4.78, 5) is 10.8. The molecular weight excluding hydrogens is 941 g/mol. The van der Waals surface area contributed by atoms with Crippen LogP contribution in [0.15, 0.2) is 258 Å². The quantitative estimate of drug-likeness (QED) is 0.160. The fourth-order valence-corrected chi connectivity index (χ4v) is 12.1. The lowest BCUT2D eigenvalue weighted by Crippen LogP contribution is -2.01. The van der Waals surface area contributed by atoms with Crippen LogP contribution in [0, 0.1) is 6.92 Å². The molecule has 0 spiro atoms. The number of nitrogens with zero attached hydrogens (tertiary/aromatic N) is 4. The van der Waals surface area contributed by atoms with Crippen molar-refractivity contribution in [3.05, 3.63) is 254 Å². The van der Waals surface area contributed by atoms with Crippen molar-refractivity contribution in [1.29, 1.82) is 0 Å². The summed E-state index contributed by atoms with van der Waals surface area (Å²) in [6, 6.07) is 88.5. The van der Waals surface area contributed by atoms with Gasteiger partial charge in [0.25, 0.3) is 0 Å². The van der Waals surface area contributed by atoms with E-state index in [0.717, 1.165) is 144 Å². The number of rotatable bonds is 7. The maximum absolute atomic E-state index is 7.14. The molecule has 0 fully saturated rings. The number of benzene rings is 11. The number of furan rings is 2. The van der Waals surface area contributed by atoms with Gasteiger partial charge in [-0.3, -0.25) is 0 Å². The topological polar surface area (TPSA) is 61.9 Å². The zero-order valence-electron chi connectivity index (χ0n) is 41.8. The van der Waals surface area contributed by atoms with Gasteiger partial charge in [-0.1, -0.05) is 170 Å². The van der Waals surface area contributed by atoms with E-state index in [1.54, 1.807) is 0 Å². The summed E-state index contributed by atoms with van der Waals surface area (Å²) in [5.74, 6) is 0.648. The highest BCUT2D eigenvalue weighted by Crippen LogP contribution is 2.46. The second-order valence-corrected chi connectivity index (χ2v) is 20.1. The third-order valence-electron chi connectivity index (χ3n) is 15.7. The Morgan fingerprint density at radius 1 is 0.325 bits per heavy atom. The summed E-state index contributed by atoms with van der Waals surface area (Å²) in [6.07, 6.45) is 0. The van der Waals surface area contributed by atoms with E-state index in [0.29, 0.717) is 5.82 Å². The lowest BCUT2D eigenvalue weighted by molar-refractivity contribution is 0.669. The summed E-state index contributed by atoms with van der Waals surface area (Å²) >= 11 is 0. The van der Waals surface area contributed by atoms with Gasteiger partial charge in [-0.15, -0.1) is 0 Å². The van der Waals surface area contributed by atoms with Gasteiger partial charge < -0.3 is 18.0 Å². The van der Waals surface area contributed by atoms with Crippen molar-refractivity contribution < 1.29 is 8.83 Å². The second kappa shape index (κ2) is 16.9. The molecule has 0 atom stereocenters. The van der Waals surface area contributed by atoms with Crippen LogP contribution in [-0.2, 0) is 0 Å². The first-order valence-corrected chi connectivity index (χ1v) is 26.1. The van der Waals surface area contributed by atoms with Gasteiger partial charge in [-0.25, -0.2) is 9.97 Å². The summed E-state index contributed by atoms with van der Waals surface area (Å²) < 4.78 is 18.3. The van der Waals surface area contributed by atoms with E-state index in [2.05, 4.69) is 241 Å². The average molecular weight is 985 g/mol. The van der Waals surface area contributed by atoms with Crippen molar-refractivity contribution in [3.8, 4) is 67.5 Å². The minimum atomic E-state index is 0.648. The Kier molecular flexibility index (Phi) is 9.45. The maximum atomic E-state index is 7.14. The Morgan fingerprint density at radius 3 is 1.61 bits per heavy atom. The van der Waals surface area contributed by atoms with E-state index in [4.69, 9.17) is 18.8 Å². The van der Waals surface area contributed by atoms with Gasteiger partial charge in [-0.2, -0.15) is 0 Å². The van der Waals surface area contributed by atoms with E-state index < -0.39 is 0 Å². The van der Waals surface area contributed by atoms with Crippen molar-refractivity contribution in [2.75, 3.05) is 0 Å². The first-order valence-electron chi connectivity index (χ1n) is 26.1. The molecule has 0 bridgehead atoms. The molecule has 6 heteroatoms. The van der Waals surface area contributed by atoms with Crippen LogP contribution in [0.4, 0.5) is 0 Å². The molecule has 16 aromatic rings. The Labute approximate surface area is 442 Å². The molecule has 0 N–H and O–H groups in total. The molecule has 16 rings (SSSR count). The monoisotopic (exact) mass is 984 g/mol. The molecule has 0 aliphatic carbocycles. The molecule has 5 heterocycles. The van der Waals surface area contributed by atoms with Gasteiger partial charge in [0.1, 0.15) is 22.3 Å². The van der Waals surface area contributed by atoms with Crippen LogP contribution in [0.1, 0.15) is 5.56 Å². The summed E-state index contributed by atoms with van der Waals surface area (Å²) in [5.41, 5.74) is 20.1. The number of para-hydroxylation sites is 4. The smallest absolute Gasteiger partial charge is 0.160 e. The fourth-order valence-electron chi connectivity index (χ4n) is 12.1. The van der Waals surface area contributed by atoms with Crippen molar-refractivity contribution in [2.45, 2.75) is 6.92 Å². The Balaban J connectivity index is 0.964. The number of aromatic nitrogens is 4. The highest BCUT2D eigenvalue weighted by molar-refractivity contribution is 6.22. The zero-order chi connectivity index (χ0) is 50.7. The lowest BCUT2D eigenvalue weighted by atomic mass is 9.98. The second-order valence-electron chi connectivity index (χ2n) is 20.1. The molecule has 0 unspecified atom stereocenters. The first kappa shape index (κ1) is 43.1. The van der Waals surface area contributed by atoms with Crippen LogP contribution in [0.5, 0.6) is 0 Å². The van der Waals surface area contributed by atoms with Crippen molar-refractivity contribution >= 4 is 87.5 Å². The molecule has 0 radical (unpaired) electrons. The Morgan fingerprint density at radius 2 is 0.844 bits per heavy atom. The molecule has 6 nitrogen and oxygen atoms in total. The van der Waals surface area contributed by atoms with Gasteiger partial charge in [-0.05, 0) is 108 Å². The third-order valence-corrected chi connectivity index (χ3v) is 15.7. The maximum Gasteiger partial charge on any atom is 0.160 e. The van der Waals surface area contributed by atoms with Crippen LogP contribution in [-0.4, -0.2) is 19.1 Å². The zero-order valence-corrected chi connectivity index (χ0v) is 41.8. The third kappa shape index (κ3) is 6.68. The van der Waals surface area contributed by atoms with Gasteiger partial charge >= 0.3 is 0 Å². The SMILES string of the molecule is Cc1c(-c2ccccc2)nc(-c2ccc(-c3ccccc3)cc2)nc1-c1ccc(-n2c3ccc(-c4ccc5oc6ccccc6c5c4)cc3c3cc4c(cc32)c2ccccc2n4-c2ccccc2)c2c1oc1ccccc12. The first-order chi connectivity index (χ1) is 38.1. The van der Waals surface area contributed by atoms with Gasteiger partial charge in [0.05, 0.1) is 44.5 Å². The highest BCUT2D eigenvalue weighted by atomic mass is 16.3. The Hall–Kier alpha value is -10.3. The summed E-state index contributed by atoms with van der Waals surface area (Å²) in [5, 5.41) is 8.92. The normalized spacial score (nSPS) is 12.0. The standard InChI is InChI=1S/C71H44N4O2/c1-43-68(46-19-7-3-8-20-46)72-71(47-31-29-45(30-32-47)44-17-5-2-6-18-44)73-69(43)54-35-37-61(67-53-25-13-16-28-65(53)77-70(54)67)75-60-36-33-48(49-34-38-66-58(40-49)52-24-12-15-27-64(52)76-66)39-55(60)57-42-62-56(41-63(57)75)51-23-11-14-26-59(51)74(62)50-21-9-4-10-22-50/h2-42H,1H3. The summed E-state index contributed by atoms with van der Waals surface area (Å²) in [6.45, 7) is 2.14. The minimum absolute atomic E-state index is 0.648. The number of fused-ring (bicyclic) bond motifs is 12. The highest BCUT2D eigenvalue weighted by Gasteiger charge is 2.26. The molecule has 0 aliphatic rings. The molecule has 11 aromatic carbocycles. The summed E-state index contributed by atoms with van der Waals surface area (Å²) in [7, 11) is 0. The molecule has 0 saturated heterocycles. The predicted octanol–water partition coefficient (Wildman–Crippen LogP) is 19.1. The molecule has 5 aromatic heterocycles. The van der Waals surface area contributed by atoms with E-state index in [9.17, 15) is 0 Å². The van der Waals surface area contributed by atoms with Crippen molar-refractivity contribution in [2.24, 2.45) is 0 Å². The predicted molar refractivity (Wildman–Crippen MR) is 317 cm³/mol. The molecule has 77 heavy (non-hydrogen) atoms. The van der Waals surface area contributed by atoms with Crippen molar-refractivity contribution in [1.82, 2.24) is 19.1 Å². The number of hydrogen-bond donors (Lipinski definition) is 0. The minimum Gasteiger partial charge on any atom is -0.456 e. The van der Waals surface area contributed by atoms with Crippen molar-refractivity contribution in [3.63, 3.8) is 0 Å². The van der Waals surface area contributed by atoms with E-state index in [1.807, 2.05) is 24.3 Å². The largest absolute Gasteiger partial charge is 0.456 e. The van der Waals surface area contributed by atoms with Crippen LogP contribution >= 0.6 is 0 Å². The lowest BCUT2D eigenvalue weighted by Gasteiger charge is -2.16.